The number of ether oxygens (including phenoxy) is 1. The highest BCUT2D eigenvalue weighted by Gasteiger charge is 2.26. The second kappa shape index (κ2) is 9.88. The number of morpholine rings is 1. The number of hydrogen-bond acceptors (Lipinski definition) is 6. The molecule has 0 unspecified atom stereocenters. The summed E-state index contributed by atoms with van der Waals surface area (Å²) in [6, 6.07) is 14.1. The van der Waals surface area contributed by atoms with Crippen molar-refractivity contribution in [1.29, 1.82) is 0 Å². The van der Waals surface area contributed by atoms with Crippen molar-refractivity contribution >= 4 is 26.0 Å². The van der Waals surface area contributed by atoms with Crippen LogP contribution >= 0.6 is 0 Å². The minimum Gasteiger partial charge on any atom is -0.379 e. The molecule has 0 spiro atoms. The molecule has 2 aromatic rings. The number of likely N-dealkylation sites (N-methyl/N-ethyl adjacent to an activating group) is 1. The van der Waals surface area contributed by atoms with Crippen LogP contribution in [0.5, 0.6) is 0 Å². The Hall–Kier alpha value is -2.31. The normalized spacial score (nSPS) is 15.7. The number of sulfonamides is 2. The lowest BCUT2D eigenvalue weighted by Gasteiger charge is -2.26. The van der Waals surface area contributed by atoms with E-state index < -0.39 is 26.0 Å². The van der Waals surface area contributed by atoms with Crippen LogP contribution in [0.25, 0.3) is 0 Å². The molecule has 1 heterocycles. The molecule has 31 heavy (non-hydrogen) atoms. The molecule has 168 valence electrons. The number of benzene rings is 2. The zero-order valence-electron chi connectivity index (χ0n) is 17.1. The van der Waals surface area contributed by atoms with Gasteiger partial charge in [0.15, 0.2) is 0 Å². The molecule has 1 amide bonds. The fourth-order valence-electron chi connectivity index (χ4n) is 3.03. The maximum atomic E-state index is 12.6. The predicted octanol–water partition coefficient (Wildman–Crippen LogP) is 0.644. The highest BCUT2D eigenvalue weighted by molar-refractivity contribution is 7.89. The molecule has 0 saturated carbocycles. The molecule has 11 heteroatoms. The van der Waals surface area contributed by atoms with E-state index in [4.69, 9.17) is 4.74 Å². The van der Waals surface area contributed by atoms with Crippen molar-refractivity contribution in [2.45, 2.75) is 16.3 Å². The van der Waals surface area contributed by atoms with Crippen LogP contribution in [-0.4, -0.2) is 71.2 Å². The van der Waals surface area contributed by atoms with Gasteiger partial charge in [-0.1, -0.05) is 30.3 Å². The van der Waals surface area contributed by atoms with E-state index in [1.165, 1.54) is 35.6 Å². The summed E-state index contributed by atoms with van der Waals surface area (Å²) >= 11 is 0. The fourth-order valence-corrected chi connectivity index (χ4v) is 5.59. The summed E-state index contributed by atoms with van der Waals surface area (Å²) in [5.74, 6) is -0.466. The van der Waals surface area contributed by atoms with E-state index in [-0.39, 0.29) is 22.9 Å². The fraction of sp³-hybridized carbons (Fsp3) is 0.350. The van der Waals surface area contributed by atoms with Gasteiger partial charge in [0, 0.05) is 26.7 Å². The Morgan fingerprint density at radius 2 is 1.58 bits per heavy atom. The quantitative estimate of drug-likeness (QED) is 0.610. The largest absolute Gasteiger partial charge is 0.379 e. The van der Waals surface area contributed by atoms with Crippen LogP contribution in [0.1, 0.15) is 5.56 Å². The van der Waals surface area contributed by atoms with Gasteiger partial charge in [0.05, 0.1) is 29.5 Å². The molecule has 3 rings (SSSR count). The summed E-state index contributed by atoms with van der Waals surface area (Å²) in [6.07, 6.45) is 0. The van der Waals surface area contributed by atoms with Crippen LogP contribution in [0.2, 0.25) is 0 Å². The third kappa shape index (κ3) is 5.69. The average Bonchev–Trinajstić information content (AvgIpc) is 2.79. The maximum Gasteiger partial charge on any atom is 0.243 e. The number of nitrogens with zero attached hydrogens (tertiary/aromatic N) is 2. The van der Waals surface area contributed by atoms with Gasteiger partial charge in [-0.15, -0.1) is 0 Å². The Labute approximate surface area is 182 Å². The van der Waals surface area contributed by atoms with Crippen molar-refractivity contribution in [3.05, 3.63) is 60.2 Å². The van der Waals surface area contributed by atoms with Crippen molar-refractivity contribution in [3.8, 4) is 0 Å². The molecule has 0 bridgehead atoms. The van der Waals surface area contributed by atoms with Crippen molar-refractivity contribution in [2.75, 3.05) is 39.9 Å². The van der Waals surface area contributed by atoms with E-state index in [0.717, 1.165) is 4.31 Å². The monoisotopic (exact) mass is 467 g/mol. The SMILES string of the molecule is CN(CC(=O)NCc1ccc(S(=O)(=O)N2CCOCC2)cc1)S(=O)(=O)c1ccccc1. The molecule has 1 saturated heterocycles. The third-order valence-electron chi connectivity index (χ3n) is 4.84. The summed E-state index contributed by atoms with van der Waals surface area (Å²) in [6.45, 7) is 1.20. The highest BCUT2D eigenvalue weighted by atomic mass is 32.2. The Bertz CT molecular complexity index is 1100. The summed E-state index contributed by atoms with van der Waals surface area (Å²) in [4.78, 5) is 12.5. The van der Waals surface area contributed by atoms with Crippen LogP contribution in [0.4, 0.5) is 0 Å². The Balaban J connectivity index is 1.56. The molecule has 0 aromatic heterocycles. The zero-order chi connectivity index (χ0) is 22.5. The van der Waals surface area contributed by atoms with Crippen LogP contribution < -0.4 is 5.32 Å². The first-order chi connectivity index (χ1) is 14.7. The van der Waals surface area contributed by atoms with Gasteiger partial charge in [-0.25, -0.2) is 16.8 Å². The first-order valence-corrected chi connectivity index (χ1v) is 12.5. The Morgan fingerprint density at radius 3 is 2.19 bits per heavy atom. The number of carbonyl (C=O) groups is 1. The minimum absolute atomic E-state index is 0.113. The molecule has 0 atom stereocenters. The van der Waals surface area contributed by atoms with E-state index in [0.29, 0.717) is 31.9 Å². The molecule has 2 aromatic carbocycles. The van der Waals surface area contributed by atoms with Gasteiger partial charge in [0.1, 0.15) is 0 Å². The van der Waals surface area contributed by atoms with Crippen LogP contribution in [0.15, 0.2) is 64.4 Å². The molecule has 0 aliphatic carbocycles. The number of hydrogen-bond donors (Lipinski definition) is 1. The van der Waals surface area contributed by atoms with E-state index in [9.17, 15) is 21.6 Å². The molecule has 9 nitrogen and oxygen atoms in total. The van der Waals surface area contributed by atoms with Gasteiger partial charge in [0.25, 0.3) is 0 Å². The van der Waals surface area contributed by atoms with Gasteiger partial charge in [-0.05, 0) is 29.8 Å². The highest BCUT2D eigenvalue weighted by Crippen LogP contribution is 2.18. The zero-order valence-corrected chi connectivity index (χ0v) is 18.7. The standard InChI is InChI=1S/C20H25N3O6S2/c1-22(30(25,26)18-5-3-2-4-6-18)16-20(24)21-15-17-7-9-19(10-8-17)31(27,28)23-11-13-29-14-12-23/h2-10H,11-16H2,1H3,(H,21,24). The van der Waals surface area contributed by atoms with Crippen molar-refractivity contribution in [3.63, 3.8) is 0 Å². The Kier molecular flexibility index (Phi) is 7.44. The van der Waals surface area contributed by atoms with Crippen LogP contribution in [0, 0.1) is 0 Å². The summed E-state index contributed by atoms with van der Waals surface area (Å²) in [5.41, 5.74) is 0.697. The number of carbonyl (C=O) groups excluding carboxylic acids is 1. The first-order valence-electron chi connectivity index (χ1n) is 9.66. The van der Waals surface area contributed by atoms with Gasteiger partial charge in [-0.3, -0.25) is 4.79 Å². The number of rotatable bonds is 8. The lowest BCUT2D eigenvalue weighted by atomic mass is 10.2. The van der Waals surface area contributed by atoms with Crippen molar-refractivity contribution in [1.82, 2.24) is 13.9 Å². The molecule has 1 aliphatic rings. The molecule has 0 radical (unpaired) electrons. The second-order valence-electron chi connectivity index (χ2n) is 7.01. The molecular weight excluding hydrogens is 442 g/mol. The van der Waals surface area contributed by atoms with Gasteiger partial charge < -0.3 is 10.1 Å². The van der Waals surface area contributed by atoms with Gasteiger partial charge in [0.2, 0.25) is 26.0 Å². The number of nitrogens with one attached hydrogen (secondary N) is 1. The van der Waals surface area contributed by atoms with Crippen LogP contribution in [-0.2, 0) is 36.1 Å². The predicted molar refractivity (Wildman–Crippen MR) is 114 cm³/mol. The summed E-state index contributed by atoms with van der Waals surface area (Å²) in [7, 11) is -5.99. The summed E-state index contributed by atoms with van der Waals surface area (Å²) < 4.78 is 57.8. The van der Waals surface area contributed by atoms with E-state index in [1.807, 2.05) is 0 Å². The second-order valence-corrected chi connectivity index (χ2v) is 11.0. The Morgan fingerprint density at radius 1 is 0.968 bits per heavy atom. The molecule has 1 N–H and O–H groups in total. The summed E-state index contributed by atoms with van der Waals surface area (Å²) in [5, 5.41) is 2.65. The minimum atomic E-state index is -3.76. The topological polar surface area (TPSA) is 113 Å². The molecule has 1 aliphatic heterocycles. The van der Waals surface area contributed by atoms with Crippen molar-refractivity contribution < 1.29 is 26.4 Å². The maximum absolute atomic E-state index is 12.6. The average molecular weight is 468 g/mol. The molecule has 1 fully saturated rings. The van der Waals surface area contributed by atoms with Gasteiger partial charge >= 0.3 is 0 Å². The third-order valence-corrected chi connectivity index (χ3v) is 8.57. The smallest absolute Gasteiger partial charge is 0.243 e. The number of amides is 1. The lowest BCUT2D eigenvalue weighted by Crippen LogP contribution is -2.40. The lowest BCUT2D eigenvalue weighted by molar-refractivity contribution is -0.121. The van der Waals surface area contributed by atoms with E-state index in [2.05, 4.69) is 5.32 Å². The van der Waals surface area contributed by atoms with Crippen LogP contribution in [0.3, 0.4) is 0 Å². The molecular formula is C20H25N3O6S2. The van der Waals surface area contributed by atoms with Crippen molar-refractivity contribution in [2.24, 2.45) is 0 Å². The first kappa shape index (κ1) is 23.4. The van der Waals surface area contributed by atoms with Gasteiger partial charge in [-0.2, -0.15) is 8.61 Å². The van der Waals surface area contributed by atoms with E-state index >= 15 is 0 Å². The van der Waals surface area contributed by atoms with E-state index in [1.54, 1.807) is 30.3 Å².